The molecule has 0 aliphatic heterocycles. The quantitative estimate of drug-likeness (QED) is 0.605. The van der Waals surface area contributed by atoms with Crippen LogP contribution in [0.15, 0.2) is 42.5 Å². The average molecular weight is 386 g/mol. The van der Waals surface area contributed by atoms with E-state index in [1.54, 1.807) is 13.0 Å². The van der Waals surface area contributed by atoms with Crippen molar-refractivity contribution in [3.8, 4) is 0 Å². The molecule has 0 bridgehead atoms. The number of carbonyl (C=O) groups excluding carboxylic acids is 2. The third-order valence-corrected chi connectivity index (χ3v) is 4.54. The molecule has 6 nitrogen and oxygen atoms in total. The van der Waals surface area contributed by atoms with Crippen LogP contribution < -0.4 is 10.6 Å². The van der Waals surface area contributed by atoms with Gasteiger partial charge in [0.25, 0.3) is 5.91 Å². The van der Waals surface area contributed by atoms with Crippen LogP contribution in [0.5, 0.6) is 0 Å². The van der Waals surface area contributed by atoms with Gasteiger partial charge in [0.15, 0.2) is 0 Å². The Morgan fingerprint density at radius 3 is 2.46 bits per heavy atom. The topological polar surface area (TPSA) is 86.9 Å². The molecular formula is C20H20F2N4O2. The maximum Gasteiger partial charge on any atom is 0.252 e. The molecule has 1 heterocycles. The molecule has 146 valence electrons. The van der Waals surface area contributed by atoms with Gasteiger partial charge in [-0.25, -0.2) is 13.8 Å². The highest BCUT2D eigenvalue weighted by Crippen LogP contribution is 2.16. The Morgan fingerprint density at radius 1 is 1.14 bits per heavy atom. The number of fused-ring (bicyclic) bond motifs is 1. The van der Waals surface area contributed by atoms with E-state index in [4.69, 9.17) is 0 Å². The minimum atomic E-state index is -0.906. The molecule has 0 unspecified atom stereocenters. The predicted octanol–water partition coefficient (Wildman–Crippen LogP) is 3.62. The molecule has 0 aliphatic rings. The molecule has 2 aromatic carbocycles. The van der Waals surface area contributed by atoms with Crippen molar-refractivity contribution >= 4 is 28.8 Å². The molecule has 0 aliphatic carbocycles. The zero-order valence-corrected chi connectivity index (χ0v) is 15.4. The SMILES string of the molecule is CC[C@@H](C)[C@@H](NC(=O)c1cc(F)cc(F)c1)C(=O)Nc1nc2ccccc2[nH]1. The van der Waals surface area contributed by atoms with Gasteiger partial charge in [0, 0.05) is 11.6 Å². The molecule has 28 heavy (non-hydrogen) atoms. The Morgan fingerprint density at radius 2 is 1.82 bits per heavy atom. The molecule has 0 saturated heterocycles. The zero-order valence-electron chi connectivity index (χ0n) is 15.4. The van der Waals surface area contributed by atoms with E-state index in [1.807, 2.05) is 25.1 Å². The van der Waals surface area contributed by atoms with E-state index in [0.29, 0.717) is 18.0 Å². The summed E-state index contributed by atoms with van der Waals surface area (Å²) in [4.78, 5) is 32.5. The van der Waals surface area contributed by atoms with Crippen LogP contribution in [0.4, 0.5) is 14.7 Å². The zero-order chi connectivity index (χ0) is 20.3. The largest absolute Gasteiger partial charge is 0.340 e. The number of amides is 2. The number of hydrogen-bond acceptors (Lipinski definition) is 3. The summed E-state index contributed by atoms with van der Waals surface area (Å²) in [5.74, 6) is -2.90. The molecule has 0 radical (unpaired) electrons. The second-order valence-electron chi connectivity index (χ2n) is 6.59. The average Bonchev–Trinajstić information content (AvgIpc) is 3.06. The van der Waals surface area contributed by atoms with Gasteiger partial charge < -0.3 is 10.3 Å². The lowest BCUT2D eigenvalue weighted by Crippen LogP contribution is -2.47. The fraction of sp³-hybridized carbons (Fsp3) is 0.250. The highest BCUT2D eigenvalue weighted by molar-refractivity contribution is 6.01. The summed E-state index contributed by atoms with van der Waals surface area (Å²) in [5, 5.41) is 5.22. The van der Waals surface area contributed by atoms with Gasteiger partial charge in [0.1, 0.15) is 17.7 Å². The third kappa shape index (κ3) is 4.33. The maximum absolute atomic E-state index is 13.4. The first kappa shape index (κ1) is 19.5. The number of aromatic amines is 1. The Bertz CT molecular complexity index is 965. The number of hydrogen-bond donors (Lipinski definition) is 3. The predicted molar refractivity (Wildman–Crippen MR) is 102 cm³/mol. The van der Waals surface area contributed by atoms with Crippen LogP contribution >= 0.6 is 0 Å². The van der Waals surface area contributed by atoms with Crippen molar-refractivity contribution in [2.75, 3.05) is 5.32 Å². The van der Waals surface area contributed by atoms with Crippen molar-refractivity contribution in [1.82, 2.24) is 15.3 Å². The van der Waals surface area contributed by atoms with E-state index in [0.717, 1.165) is 17.6 Å². The van der Waals surface area contributed by atoms with Gasteiger partial charge in [0.2, 0.25) is 11.9 Å². The number of aromatic nitrogens is 2. The van der Waals surface area contributed by atoms with E-state index >= 15 is 0 Å². The van der Waals surface area contributed by atoms with Crippen molar-refractivity contribution < 1.29 is 18.4 Å². The maximum atomic E-state index is 13.4. The molecule has 2 amide bonds. The van der Waals surface area contributed by atoms with Crippen LogP contribution in [0.25, 0.3) is 11.0 Å². The standard InChI is InChI=1S/C20H20F2N4O2/c1-3-11(2)17(25-18(27)12-8-13(21)10-14(22)9-12)19(28)26-20-23-15-6-4-5-7-16(15)24-20/h4-11,17H,3H2,1-2H3,(H,25,27)(H2,23,24,26,28)/t11-,17-/m1/s1. The molecule has 1 aromatic heterocycles. The van der Waals surface area contributed by atoms with Crippen LogP contribution in [0.3, 0.4) is 0 Å². The molecule has 3 aromatic rings. The first-order chi connectivity index (χ1) is 13.4. The first-order valence-corrected chi connectivity index (χ1v) is 8.90. The number of H-pyrrole nitrogens is 1. The van der Waals surface area contributed by atoms with E-state index in [1.165, 1.54) is 0 Å². The Kier molecular flexibility index (Phi) is 5.67. The van der Waals surface area contributed by atoms with Crippen LogP contribution in [0.1, 0.15) is 30.6 Å². The van der Waals surface area contributed by atoms with E-state index in [2.05, 4.69) is 20.6 Å². The Labute approximate surface area is 160 Å². The molecule has 2 atom stereocenters. The lowest BCUT2D eigenvalue weighted by molar-refractivity contribution is -0.119. The van der Waals surface area contributed by atoms with E-state index in [9.17, 15) is 18.4 Å². The summed E-state index contributed by atoms with van der Waals surface area (Å²) >= 11 is 0. The number of rotatable bonds is 6. The summed E-state index contributed by atoms with van der Waals surface area (Å²) in [6.07, 6.45) is 0.607. The Hall–Kier alpha value is -3.29. The number of nitrogens with zero attached hydrogens (tertiary/aromatic N) is 1. The van der Waals surface area contributed by atoms with Crippen molar-refractivity contribution in [1.29, 1.82) is 0 Å². The lowest BCUT2D eigenvalue weighted by Gasteiger charge is -2.23. The minimum Gasteiger partial charge on any atom is -0.340 e. The number of nitrogens with one attached hydrogen (secondary N) is 3. The third-order valence-electron chi connectivity index (χ3n) is 4.54. The van der Waals surface area contributed by atoms with Crippen molar-refractivity contribution in [2.24, 2.45) is 5.92 Å². The number of carbonyl (C=O) groups is 2. The molecule has 0 spiro atoms. The normalized spacial score (nSPS) is 13.1. The highest BCUT2D eigenvalue weighted by atomic mass is 19.1. The number of imidazole rings is 1. The van der Waals surface area contributed by atoms with E-state index < -0.39 is 29.5 Å². The summed E-state index contributed by atoms with van der Waals surface area (Å²) in [5.41, 5.74) is 1.26. The highest BCUT2D eigenvalue weighted by Gasteiger charge is 2.27. The lowest BCUT2D eigenvalue weighted by atomic mass is 9.98. The number of para-hydroxylation sites is 2. The fourth-order valence-corrected chi connectivity index (χ4v) is 2.82. The summed E-state index contributed by atoms with van der Waals surface area (Å²) in [6.45, 7) is 3.68. The number of anilines is 1. The Balaban J connectivity index is 1.78. The first-order valence-electron chi connectivity index (χ1n) is 8.90. The number of halogens is 2. The van der Waals surface area contributed by atoms with Crippen LogP contribution in [0, 0.1) is 17.6 Å². The van der Waals surface area contributed by atoms with Gasteiger partial charge in [-0.1, -0.05) is 32.4 Å². The van der Waals surface area contributed by atoms with Crippen molar-refractivity contribution in [3.63, 3.8) is 0 Å². The summed E-state index contributed by atoms with van der Waals surface area (Å²) in [6, 6.07) is 8.90. The molecule has 3 N–H and O–H groups in total. The van der Waals surface area contributed by atoms with Crippen LogP contribution in [-0.4, -0.2) is 27.8 Å². The van der Waals surface area contributed by atoms with Crippen LogP contribution in [0.2, 0.25) is 0 Å². The minimum absolute atomic E-state index is 0.192. The van der Waals surface area contributed by atoms with Gasteiger partial charge >= 0.3 is 0 Å². The van der Waals surface area contributed by atoms with Crippen LogP contribution in [-0.2, 0) is 4.79 Å². The number of benzene rings is 2. The monoisotopic (exact) mass is 386 g/mol. The molecule has 3 rings (SSSR count). The second-order valence-corrected chi connectivity index (χ2v) is 6.59. The fourth-order valence-electron chi connectivity index (χ4n) is 2.82. The van der Waals surface area contributed by atoms with Gasteiger partial charge in [0.05, 0.1) is 11.0 Å². The van der Waals surface area contributed by atoms with Crippen molar-refractivity contribution in [3.05, 3.63) is 59.7 Å². The van der Waals surface area contributed by atoms with Gasteiger partial charge in [-0.05, 0) is 30.2 Å². The molecule has 0 saturated carbocycles. The smallest absolute Gasteiger partial charge is 0.252 e. The van der Waals surface area contributed by atoms with Gasteiger partial charge in [-0.3, -0.25) is 14.9 Å². The van der Waals surface area contributed by atoms with Gasteiger partial charge in [-0.15, -0.1) is 0 Å². The van der Waals surface area contributed by atoms with Gasteiger partial charge in [-0.2, -0.15) is 0 Å². The second kappa shape index (κ2) is 8.16. The molecular weight excluding hydrogens is 366 g/mol. The molecule has 0 fully saturated rings. The summed E-state index contributed by atoms with van der Waals surface area (Å²) < 4.78 is 26.8. The van der Waals surface area contributed by atoms with E-state index in [-0.39, 0.29) is 17.4 Å². The van der Waals surface area contributed by atoms with Crippen molar-refractivity contribution in [2.45, 2.75) is 26.3 Å². The molecule has 8 heteroatoms. The summed E-state index contributed by atoms with van der Waals surface area (Å²) in [7, 11) is 0.